The third kappa shape index (κ3) is 4.98. The van der Waals surface area contributed by atoms with E-state index in [1.165, 1.54) is 23.3 Å². The zero-order valence-electron chi connectivity index (χ0n) is 17.5. The summed E-state index contributed by atoms with van der Waals surface area (Å²) < 4.78 is 6.15. The molecule has 0 bridgehead atoms. The molecule has 1 aliphatic rings. The predicted octanol–water partition coefficient (Wildman–Crippen LogP) is 5.44. The summed E-state index contributed by atoms with van der Waals surface area (Å²) >= 11 is 1.87. The lowest BCUT2D eigenvalue weighted by Gasteiger charge is -2.38. The quantitative estimate of drug-likeness (QED) is 0.604. The van der Waals surface area contributed by atoms with Gasteiger partial charge >= 0.3 is 0 Å². The van der Waals surface area contributed by atoms with E-state index in [-0.39, 0.29) is 17.1 Å². The van der Waals surface area contributed by atoms with E-state index >= 15 is 0 Å². The molecule has 1 saturated heterocycles. The van der Waals surface area contributed by atoms with Crippen LogP contribution in [-0.4, -0.2) is 35.7 Å². The van der Waals surface area contributed by atoms with E-state index in [1.807, 2.05) is 24.5 Å². The van der Waals surface area contributed by atoms with Gasteiger partial charge in [-0.25, -0.2) is 0 Å². The predicted molar refractivity (Wildman–Crippen MR) is 114 cm³/mol. The van der Waals surface area contributed by atoms with Crippen LogP contribution < -0.4 is 0 Å². The molecule has 0 amide bonds. The van der Waals surface area contributed by atoms with Crippen LogP contribution in [-0.2, 0) is 16.7 Å². The fourth-order valence-electron chi connectivity index (χ4n) is 4.01. The normalized spacial score (nSPS) is 21.3. The van der Waals surface area contributed by atoms with Crippen molar-refractivity contribution in [3.63, 3.8) is 0 Å². The molecule has 1 unspecified atom stereocenters. The number of hydrogen-bond acceptors (Lipinski definition) is 4. The zero-order valence-corrected chi connectivity index (χ0v) is 18.3. The Balaban J connectivity index is 1.74. The molecule has 1 atom stereocenters. The van der Waals surface area contributed by atoms with Crippen molar-refractivity contribution in [1.29, 1.82) is 0 Å². The molecule has 1 aliphatic heterocycles. The molecule has 4 heteroatoms. The van der Waals surface area contributed by atoms with Crippen molar-refractivity contribution in [3.8, 4) is 0 Å². The summed E-state index contributed by atoms with van der Waals surface area (Å²) in [6.45, 7) is 14.1. The second-order valence-corrected chi connectivity index (χ2v) is 9.89. The SMILES string of the molecule is Cc1ccc(C(C)(C)N2CCC(CCc3cccs3)(COC(C)C)C2)cn1. The fourth-order valence-corrected chi connectivity index (χ4v) is 4.71. The molecule has 0 spiro atoms. The van der Waals surface area contributed by atoms with Gasteiger partial charge in [0.25, 0.3) is 0 Å². The summed E-state index contributed by atoms with van der Waals surface area (Å²) in [6, 6.07) is 8.78. The van der Waals surface area contributed by atoms with E-state index in [9.17, 15) is 0 Å². The molecule has 3 heterocycles. The highest BCUT2D eigenvalue weighted by Gasteiger charge is 2.43. The van der Waals surface area contributed by atoms with Crippen molar-refractivity contribution in [3.05, 3.63) is 52.0 Å². The molecule has 2 aromatic rings. The molecular weight excluding hydrogens is 352 g/mol. The highest BCUT2D eigenvalue weighted by molar-refractivity contribution is 7.09. The van der Waals surface area contributed by atoms with Gasteiger partial charge in [-0.1, -0.05) is 12.1 Å². The Morgan fingerprint density at radius 3 is 2.74 bits per heavy atom. The molecule has 0 aliphatic carbocycles. The van der Waals surface area contributed by atoms with E-state index in [4.69, 9.17) is 4.74 Å². The first-order chi connectivity index (χ1) is 12.8. The van der Waals surface area contributed by atoms with Crippen LogP contribution in [0.15, 0.2) is 35.8 Å². The van der Waals surface area contributed by atoms with Crippen LogP contribution in [0.3, 0.4) is 0 Å². The van der Waals surface area contributed by atoms with E-state index in [1.54, 1.807) is 0 Å². The first kappa shape index (κ1) is 20.5. The molecule has 27 heavy (non-hydrogen) atoms. The highest BCUT2D eigenvalue weighted by Crippen LogP contribution is 2.42. The van der Waals surface area contributed by atoms with Crippen molar-refractivity contribution in [2.24, 2.45) is 5.41 Å². The molecule has 0 radical (unpaired) electrons. The summed E-state index contributed by atoms with van der Waals surface area (Å²) in [7, 11) is 0. The number of aromatic nitrogens is 1. The van der Waals surface area contributed by atoms with Gasteiger partial charge in [0.05, 0.1) is 12.7 Å². The van der Waals surface area contributed by atoms with Crippen LogP contribution in [0.4, 0.5) is 0 Å². The Labute approximate surface area is 168 Å². The second kappa shape index (κ2) is 8.42. The van der Waals surface area contributed by atoms with Gasteiger partial charge in [-0.3, -0.25) is 9.88 Å². The molecule has 1 fully saturated rings. The van der Waals surface area contributed by atoms with Gasteiger partial charge in [-0.05, 0) is 83.5 Å². The summed E-state index contributed by atoms with van der Waals surface area (Å²) in [4.78, 5) is 8.65. The number of pyridine rings is 1. The molecule has 3 rings (SSSR count). The van der Waals surface area contributed by atoms with Gasteiger partial charge in [-0.15, -0.1) is 11.3 Å². The maximum atomic E-state index is 6.15. The molecule has 0 aromatic carbocycles. The van der Waals surface area contributed by atoms with Gasteiger partial charge in [-0.2, -0.15) is 0 Å². The maximum Gasteiger partial charge on any atom is 0.0538 e. The third-order valence-corrected chi connectivity index (χ3v) is 6.99. The smallest absolute Gasteiger partial charge is 0.0538 e. The Bertz CT molecular complexity index is 708. The van der Waals surface area contributed by atoms with Crippen molar-refractivity contribution >= 4 is 11.3 Å². The molecule has 3 nitrogen and oxygen atoms in total. The molecule has 2 aromatic heterocycles. The minimum atomic E-state index is -0.0107. The first-order valence-electron chi connectivity index (χ1n) is 10.1. The van der Waals surface area contributed by atoms with Crippen LogP contribution in [0.25, 0.3) is 0 Å². The Morgan fingerprint density at radius 2 is 2.11 bits per heavy atom. The molecule has 148 valence electrons. The lowest BCUT2D eigenvalue weighted by Crippen LogP contribution is -2.42. The second-order valence-electron chi connectivity index (χ2n) is 8.86. The third-order valence-electron chi connectivity index (χ3n) is 6.05. The number of hydrogen-bond donors (Lipinski definition) is 0. The fraction of sp³-hybridized carbons (Fsp3) is 0.609. The average Bonchev–Trinajstić information content (AvgIpc) is 3.29. The summed E-state index contributed by atoms with van der Waals surface area (Å²) in [5, 5.41) is 2.18. The lowest BCUT2D eigenvalue weighted by molar-refractivity contribution is 0.00104. The Hall–Kier alpha value is -1.23. The number of rotatable bonds is 8. The van der Waals surface area contributed by atoms with E-state index in [2.05, 4.69) is 67.2 Å². The van der Waals surface area contributed by atoms with Crippen LogP contribution >= 0.6 is 11.3 Å². The van der Waals surface area contributed by atoms with Crippen LogP contribution in [0.5, 0.6) is 0 Å². The lowest BCUT2D eigenvalue weighted by atomic mass is 9.82. The minimum Gasteiger partial charge on any atom is -0.378 e. The van der Waals surface area contributed by atoms with E-state index in [0.29, 0.717) is 0 Å². The average molecular weight is 387 g/mol. The highest BCUT2D eigenvalue weighted by atomic mass is 32.1. The summed E-state index contributed by atoms with van der Waals surface area (Å²) in [5.41, 5.74) is 2.60. The van der Waals surface area contributed by atoms with Gasteiger partial charge in [0, 0.05) is 34.3 Å². The van der Waals surface area contributed by atoms with Gasteiger partial charge in [0.1, 0.15) is 0 Å². The van der Waals surface area contributed by atoms with Crippen LogP contribution in [0.1, 0.15) is 56.7 Å². The minimum absolute atomic E-state index is 0.0107. The van der Waals surface area contributed by atoms with Crippen molar-refractivity contribution in [2.75, 3.05) is 19.7 Å². The molecule has 0 N–H and O–H groups in total. The van der Waals surface area contributed by atoms with Gasteiger partial charge < -0.3 is 4.74 Å². The number of thiophene rings is 1. The van der Waals surface area contributed by atoms with Crippen LogP contribution in [0.2, 0.25) is 0 Å². The maximum absolute atomic E-state index is 6.15. The van der Waals surface area contributed by atoms with Crippen LogP contribution in [0, 0.1) is 12.3 Å². The number of likely N-dealkylation sites (tertiary alicyclic amines) is 1. The Morgan fingerprint density at radius 1 is 1.30 bits per heavy atom. The summed E-state index contributed by atoms with van der Waals surface area (Å²) in [5.74, 6) is 0. The van der Waals surface area contributed by atoms with E-state index < -0.39 is 0 Å². The number of ether oxygens (including phenoxy) is 1. The van der Waals surface area contributed by atoms with Crippen molar-refractivity contribution < 1.29 is 4.74 Å². The molecule has 0 saturated carbocycles. The standard InChI is InChI=1S/C23H34N2OS/c1-18(2)26-17-23(11-10-21-7-6-14-27-21)12-13-25(16-23)22(4,5)20-9-8-19(3)24-15-20/h6-9,14-15,18H,10-13,16-17H2,1-5H3. The largest absolute Gasteiger partial charge is 0.378 e. The number of nitrogens with zero attached hydrogens (tertiary/aromatic N) is 2. The zero-order chi connectivity index (χ0) is 19.5. The Kier molecular flexibility index (Phi) is 6.39. The number of aryl methyl sites for hydroxylation is 2. The molecular formula is C23H34N2OS. The van der Waals surface area contributed by atoms with Crippen molar-refractivity contribution in [1.82, 2.24) is 9.88 Å². The monoisotopic (exact) mass is 386 g/mol. The van der Waals surface area contributed by atoms with Gasteiger partial charge in [0.2, 0.25) is 0 Å². The van der Waals surface area contributed by atoms with Crippen molar-refractivity contribution in [2.45, 2.75) is 65.5 Å². The van der Waals surface area contributed by atoms with E-state index in [0.717, 1.165) is 31.8 Å². The first-order valence-corrected chi connectivity index (χ1v) is 11.0. The summed E-state index contributed by atoms with van der Waals surface area (Å²) in [6.07, 6.45) is 5.88. The topological polar surface area (TPSA) is 25.4 Å². The van der Waals surface area contributed by atoms with Gasteiger partial charge in [0.15, 0.2) is 0 Å².